The minimum absolute atomic E-state index is 0.963. The molecule has 0 N–H and O–H groups in total. The van der Waals surface area contributed by atoms with E-state index in [1.807, 2.05) is 11.7 Å². The van der Waals surface area contributed by atoms with E-state index < -0.39 is 11.7 Å². The molecule has 0 saturated carbocycles. The number of alkyl halides is 3. The highest BCUT2D eigenvalue weighted by Gasteiger charge is 2.32. The van der Waals surface area contributed by atoms with E-state index in [-0.39, 0.29) is 0 Å². The van der Waals surface area contributed by atoms with E-state index in [4.69, 9.17) is 0 Å². The van der Waals surface area contributed by atoms with Crippen molar-refractivity contribution >= 4 is 0 Å². The molecule has 0 aromatic rings. The molecule has 0 aliphatic heterocycles. The van der Waals surface area contributed by atoms with E-state index in [1.54, 1.807) is 0 Å². The van der Waals surface area contributed by atoms with Gasteiger partial charge in [0, 0.05) is 6.08 Å². The second-order valence-corrected chi connectivity index (χ2v) is 1.56. The van der Waals surface area contributed by atoms with Crippen LogP contribution < -0.4 is 0 Å². The van der Waals surface area contributed by atoms with Crippen molar-refractivity contribution in [2.45, 2.75) is 6.18 Å². The Morgan fingerprint density at radius 2 is 2.00 bits per heavy atom. The summed E-state index contributed by atoms with van der Waals surface area (Å²) in [6.07, 6.45) is -3.19. The molecule has 0 aromatic heterocycles. The van der Waals surface area contributed by atoms with Gasteiger partial charge >= 0.3 is 6.18 Å². The van der Waals surface area contributed by atoms with Crippen LogP contribution in [0.25, 0.3) is 0 Å². The maximum Gasteiger partial charge on any atom is 0.432 e. The lowest BCUT2D eigenvalue weighted by atomic mass is 10.2. The zero-order valence-corrected chi connectivity index (χ0v) is 4.71. The number of rotatable bonds is 0. The van der Waals surface area contributed by atoms with Crippen molar-refractivity contribution in [2.24, 2.45) is 0 Å². The first-order chi connectivity index (χ1) is 4.61. The average Bonchev–Trinajstić information content (AvgIpc) is 1.88. The third-order valence-electron chi connectivity index (χ3n) is 0.822. The van der Waals surface area contributed by atoms with E-state index in [2.05, 4.69) is 11.7 Å². The quantitative estimate of drug-likeness (QED) is 0.357. The van der Waals surface area contributed by atoms with Crippen LogP contribution in [-0.4, -0.2) is 6.18 Å². The molecule has 0 nitrogen and oxygen atoms in total. The van der Waals surface area contributed by atoms with Crippen LogP contribution in [0.15, 0.2) is 23.1 Å². The number of hydrogen-bond acceptors (Lipinski definition) is 0. The number of halogens is 3. The third kappa shape index (κ3) is 1.33. The fraction of sp³-hybridized carbons (Fsp3) is 0.143. The molecule has 1 aliphatic carbocycles. The Labute approximate surface area is 55.4 Å². The van der Waals surface area contributed by atoms with Crippen molar-refractivity contribution < 1.29 is 13.2 Å². The maximum atomic E-state index is 11.7. The highest BCUT2D eigenvalue weighted by Crippen LogP contribution is 2.23. The van der Waals surface area contributed by atoms with E-state index in [1.165, 1.54) is 6.08 Å². The van der Waals surface area contributed by atoms with E-state index in [0.29, 0.717) is 0 Å². The molecule has 1 rings (SSSR count). The zero-order valence-electron chi connectivity index (χ0n) is 4.71. The third-order valence-corrected chi connectivity index (χ3v) is 0.822. The van der Waals surface area contributed by atoms with Crippen molar-refractivity contribution in [1.82, 2.24) is 0 Å². The second kappa shape index (κ2) is 2.11. The molecule has 0 atom stereocenters. The summed E-state index contributed by atoms with van der Waals surface area (Å²) in [6.45, 7) is 0. The highest BCUT2D eigenvalue weighted by atomic mass is 19.4. The Balaban J connectivity index is 3.11. The van der Waals surface area contributed by atoms with Gasteiger partial charge in [-0.3, -0.25) is 0 Å². The van der Waals surface area contributed by atoms with Gasteiger partial charge in [0.05, 0.1) is 0 Å². The van der Waals surface area contributed by atoms with Gasteiger partial charge in [-0.05, 0) is 11.7 Å². The van der Waals surface area contributed by atoms with Crippen LogP contribution in [-0.2, 0) is 0 Å². The molecular weight excluding hydrogens is 141 g/mol. The Kier molecular flexibility index (Phi) is 1.43. The summed E-state index contributed by atoms with van der Waals surface area (Å²) in [5, 5.41) is 0. The summed E-state index contributed by atoms with van der Waals surface area (Å²) in [6, 6.07) is 0. The molecule has 0 radical (unpaired) electrons. The van der Waals surface area contributed by atoms with Gasteiger partial charge in [0.25, 0.3) is 0 Å². The van der Waals surface area contributed by atoms with Gasteiger partial charge in [-0.2, -0.15) is 13.2 Å². The monoisotopic (exact) mass is 142 g/mol. The first kappa shape index (κ1) is 6.77. The predicted molar refractivity (Wildman–Crippen MR) is 28.9 cm³/mol. The normalized spacial score (nSPS) is 14.1. The van der Waals surface area contributed by atoms with E-state index in [9.17, 15) is 13.2 Å². The standard InChI is InChI=1S/C7HF3/c8-7(9,10)6-4-2-1-3-5-6/h1H. The average molecular weight is 142 g/mol. The molecule has 0 spiro atoms. The van der Waals surface area contributed by atoms with Crippen molar-refractivity contribution in [1.29, 1.82) is 0 Å². The Hall–Kier alpha value is -1.35. The fourth-order valence-corrected chi connectivity index (χ4v) is 0.426. The lowest BCUT2D eigenvalue weighted by Crippen LogP contribution is -2.09. The van der Waals surface area contributed by atoms with Crippen LogP contribution in [0, 0.1) is 11.8 Å². The SMILES string of the molecule is FC(F)(F)C1=C=C=CC#C1. The summed E-state index contributed by atoms with van der Waals surface area (Å²) in [4.78, 5) is 0. The van der Waals surface area contributed by atoms with Gasteiger partial charge in [-0.25, -0.2) is 0 Å². The molecule has 3 heteroatoms. The van der Waals surface area contributed by atoms with Gasteiger partial charge in [0.2, 0.25) is 0 Å². The van der Waals surface area contributed by atoms with Gasteiger partial charge in [-0.15, -0.1) is 0 Å². The first-order valence-corrected chi connectivity index (χ1v) is 2.39. The van der Waals surface area contributed by atoms with Crippen LogP contribution in [0.1, 0.15) is 0 Å². The molecule has 0 bridgehead atoms. The van der Waals surface area contributed by atoms with Crippen LogP contribution in [0.5, 0.6) is 0 Å². The minimum atomic E-state index is -4.38. The summed E-state index contributed by atoms with van der Waals surface area (Å²) >= 11 is 0. The Morgan fingerprint density at radius 3 is 2.30 bits per heavy atom. The zero-order chi connectivity index (χ0) is 7.61. The van der Waals surface area contributed by atoms with Gasteiger partial charge in [0.15, 0.2) is 5.57 Å². The molecule has 0 fully saturated rings. The van der Waals surface area contributed by atoms with E-state index >= 15 is 0 Å². The van der Waals surface area contributed by atoms with Crippen LogP contribution in [0.2, 0.25) is 0 Å². The molecule has 0 heterocycles. The van der Waals surface area contributed by atoms with Gasteiger partial charge in [-0.1, -0.05) is 11.7 Å². The Bertz CT molecular complexity index is 296. The summed E-state index contributed by atoms with van der Waals surface area (Å²) in [7, 11) is 0. The number of hydrogen-bond donors (Lipinski definition) is 0. The smallest absolute Gasteiger partial charge is 0.165 e. The van der Waals surface area contributed by atoms with E-state index in [0.717, 1.165) is 0 Å². The van der Waals surface area contributed by atoms with Crippen molar-refractivity contribution in [3.8, 4) is 11.8 Å². The maximum absolute atomic E-state index is 11.7. The molecule has 0 amide bonds. The minimum Gasteiger partial charge on any atom is -0.165 e. The first-order valence-electron chi connectivity index (χ1n) is 2.39. The number of allylic oxidation sites excluding steroid dienone is 2. The lowest BCUT2D eigenvalue weighted by molar-refractivity contribution is -0.0869. The molecule has 0 saturated heterocycles. The molecule has 0 aromatic carbocycles. The molecule has 1 aliphatic rings. The fourth-order valence-electron chi connectivity index (χ4n) is 0.426. The Morgan fingerprint density at radius 1 is 1.30 bits per heavy atom. The molecular formula is C7HF3. The summed E-state index contributed by atoms with van der Waals surface area (Å²) in [5.41, 5.74) is 3.04. The summed E-state index contributed by atoms with van der Waals surface area (Å²) in [5.74, 6) is 4.01. The summed E-state index contributed by atoms with van der Waals surface area (Å²) < 4.78 is 35.1. The molecule has 0 unspecified atom stereocenters. The topological polar surface area (TPSA) is 0 Å². The van der Waals surface area contributed by atoms with Crippen LogP contribution in [0.4, 0.5) is 13.2 Å². The lowest BCUT2D eigenvalue weighted by Gasteiger charge is -2.00. The van der Waals surface area contributed by atoms with Gasteiger partial charge < -0.3 is 0 Å². The second-order valence-electron chi connectivity index (χ2n) is 1.56. The predicted octanol–water partition coefficient (Wildman–Crippen LogP) is 1.80. The largest absolute Gasteiger partial charge is 0.432 e. The van der Waals surface area contributed by atoms with Crippen LogP contribution >= 0.6 is 0 Å². The van der Waals surface area contributed by atoms with Crippen molar-refractivity contribution in [2.75, 3.05) is 0 Å². The van der Waals surface area contributed by atoms with Crippen molar-refractivity contribution in [3.05, 3.63) is 23.1 Å². The highest BCUT2D eigenvalue weighted by molar-refractivity contribution is 5.38. The molecule has 50 valence electrons. The van der Waals surface area contributed by atoms with Gasteiger partial charge in [0.1, 0.15) is 0 Å². The van der Waals surface area contributed by atoms with Crippen molar-refractivity contribution in [3.63, 3.8) is 0 Å². The molecule has 10 heavy (non-hydrogen) atoms. The van der Waals surface area contributed by atoms with Crippen LogP contribution in [0.3, 0.4) is 0 Å².